The fourth-order valence-electron chi connectivity index (χ4n) is 3.28. The second-order valence-corrected chi connectivity index (χ2v) is 7.62. The maximum atomic E-state index is 5.89. The molecule has 3 atom stereocenters. The Hall–Kier alpha value is -0.960. The van der Waals surface area contributed by atoms with E-state index in [-0.39, 0.29) is 0 Å². The van der Waals surface area contributed by atoms with Gasteiger partial charge in [-0.15, -0.1) is 0 Å². The van der Waals surface area contributed by atoms with Crippen molar-refractivity contribution in [1.82, 2.24) is 4.98 Å². The summed E-state index contributed by atoms with van der Waals surface area (Å²) in [4.78, 5) is 4.62. The molecule has 20 heavy (non-hydrogen) atoms. The van der Waals surface area contributed by atoms with Gasteiger partial charge in [-0.3, -0.25) is 0 Å². The zero-order valence-electron chi connectivity index (χ0n) is 12.5. The minimum absolute atomic E-state index is 0.645. The molecule has 0 N–H and O–H groups in total. The van der Waals surface area contributed by atoms with Crippen molar-refractivity contribution in [1.29, 1.82) is 0 Å². The molecule has 1 heterocycles. The molecule has 0 bridgehead atoms. The van der Waals surface area contributed by atoms with Crippen LogP contribution in [0.2, 0.25) is 0 Å². The number of hydrogen-bond acceptors (Lipinski definition) is 3. The molecule has 0 spiro atoms. The number of hydrogen-bond donors (Lipinski definition) is 0. The number of aromatic nitrogens is 1. The van der Waals surface area contributed by atoms with E-state index in [9.17, 15) is 0 Å². The molecule has 0 aliphatic heterocycles. The van der Waals surface area contributed by atoms with E-state index in [2.05, 4.69) is 25.8 Å². The normalized spacial score (nSPS) is 27.3. The summed E-state index contributed by atoms with van der Waals surface area (Å²) in [6.45, 7) is 7.07. The van der Waals surface area contributed by atoms with Crippen molar-refractivity contribution in [2.24, 2.45) is 17.8 Å². The van der Waals surface area contributed by atoms with Gasteiger partial charge < -0.3 is 4.42 Å². The lowest BCUT2D eigenvalue weighted by atomic mass is 9.77. The summed E-state index contributed by atoms with van der Waals surface area (Å²) in [7, 11) is 0. The predicted molar refractivity (Wildman–Crippen MR) is 85.0 cm³/mol. The summed E-state index contributed by atoms with van der Waals surface area (Å²) in [5, 5.41) is 1.49. The van der Waals surface area contributed by atoms with Crippen LogP contribution in [0, 0.1) is 17.8 Å². The minimum atomic E-state index is 0.645. The van der Waals surface area contributed by atoms with Crippen LogP contribution in [0.4, 0.5) is 0 Å². The average molecular weight is 289 g/mol. The highest BCUT2D eigenvalue weighted by atomic mass is 32.2. The third-order valence-electron chi connectivity index (χ3n) is 4.49. The van der Waals surface area contributed by atoms with Gasteiger partial charge in [-0.1, -0.05) is 51.1 Å². The highest BCUT2D eigenvalue weighted by molar-refractivity contribution is 7.99. The Morgan fingerprint density at radius 1 is 1.25 bits per heavy atom. The molecule has 0 unspecified atom stereocenters. The van der Waals surface area contributed by atoms with E-state index in [1.165, 1.54) is 19.3 Å². The summed E-state index contributed by atoms with van der Waals surface area (Å²) in [6, 6.07) is 8.03. The smallest absolute Gasteiger partial charge is 0.257 e. The van der Waals surface area contributed by atoms with Crippen LogP contribution in [0.15, 0.2) is 33.9 Å². The van der Waals surface area contributed by atoms with E-state index in [1.54, 1.807) is 0 Å². The fraction of sp³-hybridized carbons (Fsp3) is 0.588. The molecule has 2 aromatic rings. The van der Waals surface area contributed by atoms with E-state index in [4.69, 9.17) is 4.42 Å². The number of nitrogens with zero attached hydrogens (tertiary/aromatic N) is 1. The largest absolute Gasteiger partial charge is 0.431 e. The number of oxazole rings is 1. The van der Waals surface area contributed by atoms with Gasteiger partial charge in [0.2, 0.25) is 0 Å². The van der Waals surface area contributed by atoms with Crippen LogP contribution in [0.25, 0.3) is 11.1 Å². The van der Waals surface area contributed by atoms with E-state index in [0.717, 1.165) is 34.1 Å². The van der Waals surface area contributed by atoms with E-state index in [1.807, 2.05) is 36.0 Å². The Labute approximate surface area is 125 Å². The lowest BCUT2D eigenvalue weighted by molar-refractivity contribution is 0.243. The first kappa shape index (κ1) is 14.0. The maximum Gasteiger partial charge on any atom is 0.257 e. The molecule has 0 saturated heterocycles. The monoisotopic (exact) mass is 289 g/mol. The molecule has 1 aliphatic carbocycles. The first-order chi connectivity index (χ1) is 9.63. The van der Waals surface area contributed by atoms with Crippen molar-refractivity contribution >= 4 is 22.9 Å². The van der Waals surface area contributed by atoms with E-state index < -0.39 is 0 Å². The Morgan fingerprint density at radius 2 is 2.05 bits per heavy atom. The number of benzene rings is 1. The standard InChI is InChI=1S/C17H23NOS/c1-11(2)13-9-8-12(3)10-16(13)20-17-18-14-6-4-5-7-15(14)19-17/h4-7,11-13,16H,8-10H2,1-3H3/t12-,13+,16+/m1/s1. The van der Waals surface area contributed by atoms with Gasteiger partial charge in [0, 0.05) is 5.25 Å². The minimum Gasteiger partial charge on any atom is -0.431 e. The molecular weight excluding hydrogens is 266 g/mol. The molecule has 3 rings (SSSR count). The van der Waals surface area contributed by atoms with Gasteiger partial charge in [-0.2, -0.15) is 0 Å². The van der Waals surface area contributed by atoms with Crippen molar-refractivity contribution in [3.63, 3.8) is 0 Å². The number of para-hydroxylation sites is 2. The van der Waals surface area contributed by atoms with E-state index in [0.29, 0.717) is 5.25 Å². The quantitative estimate of drug-likeness (QED) is 0.758. The molecule has 0 amide bonds. The Morgan fingerprint density at radius 3 is 2.80 bits per heavy atom. The van der Waals surface area contributed by atoms with Gasteiger partial charge in [0.25, 0.3) is 5.22 Å². The summed E-state index contributed by atoms with van der Waals surface area (Å²) in [5.74, 6) is 2.35. The Balaban J connectivity index is 1.80. The van der Waals surface area contributed by atoms with Crippen molar-refractivity contribution < 1.29 is 4.42 Å². The number of fused-ring (bicyclic) bond motifs is 1. The van der Waals surface area contributed by atoms with Gasteiger partial charge >= 0.3 is 0 Å². The molecule has 2 nitrogen and oxygen atoms in total. The fourth-order valence-corrected chi connectivity index (χ4v) is 4.88. The van der Waals surface area contributed by atoms with Crippen LogP contribution in [-0.4, -0.2) is 10.2 Å². The summed E-state index contributed by atoms with van der Waals surface area (Å²) < 4.78 is 5.89. The van der Waals surface area contributed by atoms with Crippen LogP contribution >= 0.6 is 11.8 Å². The molecule has 1 fully saturated rings. The highest BCUT2D eigenvalue weighted by Crippen LogP contribution is 2.43. The average Bonchev–Trinajstić information content (AvgIpc) is 2.80. The first-order valence-corrected chi connectivity index (χ1v) is 8.53. The summed E-state index contributed by atoms with van der Waals surface area (Å²) in [5.41, 5.74) is 1.87. The molecule has 1 aromatic carbocycles. The zero-order chi connectivity index (χ0) is 14.1. The number of rotatable bonds is 3. The second kappa shape index (κ2) is 5.80. The predicted octanol–water partition coefficient (Wildman–Crippen LogP) is 5.38. The van der Waals surface area contributed by atoms with Crippen molar-refractivity contribution in [2.45, 2.75) is 50.5 Å². The molecule has 3 heteroatoms. The van der Waals surface area contributed by atoms with Crippen LogP contribution in [0.5, 0.6) is 0 Å². The van der Waals surface area contributed by atoms with Gasteiger partial charge in [0.05, 0.1) is 0 Å². The lowest BCUT2D eigenvalue weighted by Gasteiger charge is -2.36. The third kappa shape index (κ3) is 2.88. The van der Waals surface area contributed by atoms with Crippen molar-refractivity contribution in [3.8, 4) is 0 Å². The number of thioether (sulfide) groups is 1. The summed E-state index contributed by atoms with van der Waals surface area (Å²) in [6.07, 6.45) is 4.00. The Kier molecular flexibility index (Phi) is 4.06. The molecule has 1 aromatic heterocycles. The molecule has 1 aliphatic rings. The van der Waals surface area contributed by atoms with Gasteiger partial charge in [-0.25, -0.2) is 4.98 Å². The molecule has 108 valence electrons. The van der Waals surface area contributed by atoms with Crippen LogP contribution in [0.3, 0.4) is 0 Å². The maximum absolute atomic E-state index is 5.89. The second-order valence-electron chi connectivity index (χ2n) is 6.43. The van der Waals surface area contributed by atoms with Crippen LogP contribution in [0.1, 0.15) is 40.0 Å². The molecule has 0 radical (unpaired) electrons. The zero-order valence-corrected chi connectivity index (χ0v) is 13.3. The van der Waals surface area contributed by atoms with Crippen molar-refractivity contribution in [2.75, 3.05) is 0 Å². The SMILES string of the molecule is CC(C)[C@@H]1CC[C@@H](C)C[C@@H]1Sc1nc2ccccc2o1. The van der Waals surface area contributed by atoms with Gasteiger partial charge in [0.15, 0.2) is 5.58 Å². The highest BCUT2D eigenvalue weighted by Gasteiger charge is 2.32. The molecule has 1 saturated carbocycles. The third-order valence-corrected chi connectivity index (χ3v) is 5.71. The summed E-state index contributed by atoms with van der Waals surface area (Å²) >= 11 is 1.85. The van der Waals surface area contributed by atoms with Gasteiger partial charge in [0.1, 0.15) is 5.52 Å². The van der Waals surface area contributed by atoms with Gasteiger partial charge in [-0.05, 0) is 42.7 Å². The van der Waals surface area contributed by atoms with Crippen LogP contribution < -0.4 is 0 Å². The van der Waals surface area contributed by atoms with Crippen molar-refractivity contribution in [3.05, 3.63) is 24.3 Å². The topological polar surface area (TPSA) is 26.0 Å². The Bertz CT molecular complexity index is 544. The molecular formula is C17H23NOS. The van der Waals surface area contributed by atoms with Crippen LogP contribution in [-0.2, 0) is 0 Å². The lowest BCUT2D eigenvalue weighted by Crippen LogP contribution is -2.29. The van der Waals surface area contributed by atoms with E-state index >= 15 is 0 Å². The first-order valence-electron chi connectivity index (χ1n) is 7.65.